The highest BCUT2D eigenvalue weighted by Crippen LogP contribution is 2.42. The van der Waals surface area contributed by atoms with Crippen molar-refractivity contribution in [3.63, 3.8) is 0 Å². The van der Waals surface area contributed by atoms with Gasteiger partial charge < -0.3 is 11.1 Å². The molecule has 0 aliphatic heterocycles. The molecule has 1 aromatic carbocycles. The van der Waals surface area contributed by atoms with Gasteiger partial charge >= 0.3 is 0 Å². The number of rotatable bonds is 5. The van der Waals surface area contributed by atoms with E-state index in [4.69, 9.17) is 5.73 Å². The Morgan fingerprint density at radius 1 is 1.08 bits per heavy atom. The monoisotopic (exact) mass is 370 g/mol. The summed E-state index contributed by atoms with van der Waals surface area (Å²) in [5, 5.41) is 3.89. The van der Waals surface area contributed by atoms with Crippen LogP contribution in [0.15, 0.2) is 35.9 Å². The van der Waals surface area contributed by atoms with Crippen molar-refractivity contribution >= 4 is 30.9 Å². The van der Waals surface area contributed by atoms with Crippen LogP contribution in [0.2, 0.25) is 0 Å². The fraction of sp³-hybridized carbons (Fsp3) is 0.600. The summed E-state index contributed by atoms with van der Waals surface area (Å²) in [6.45, 7) is 4.65. The van der Waals surface area contributed by atoms with Gasteiger partial charge in [-0.25, -0.2) is 0 Å². The molecule has 136 valence electrons. The smallest absolute Gasteiger partial charge is 0.0142 e. The van der Waals surface area contributed by atoms with Gasteiger partial charge in [0.15, 0.2) is 0 Å². The Bertz CT molecular complexity index is 508. The first-order valence-electron chi connectivity index (χ1n) is 8.91. The second-order valence-electron chi connectivity index (χ2n) is 7.44. The first-order chi connectivity index (χ1) is 10.6. The number of halogens is 2. The maximum Gasteiger partial charge on any atom is 0.0142 e. The van der Waals surface area contributed by atoms with Crippen molar-refractivity contribution in [1.82, 2.24) is 5.32 Å². The Labute approximate surface area is 159 Å². The highest BCUT2D eigenvalue weighted by Gasteiger charge is 2.41. The standard InChI is InChI=1S/C20H30N2.2ClH/c1-14(2)18(12-15-6-4-3-5-7-15)19-13-20(19)22-17-10-8-16(21)9-11-17;;/h3-7,12,14,16-17,19-20,22H,8-11,13,21H2,1-2H3;2*1H/t16?,17?,19?,20-;;/m0../s1. The first kappa shape index (κ1) is 21.5. The van der Waals surface area contributed by atoms with Crippen LogP contribution in [0.25, 0.3) is 6.08 Å². The number of hydrogen-bond donors (Lipinski definition) is 2. The van der Waals surface area contributed by atoms with Crippen LogP contribution >= 0.6 is 24.8 Å². The molecule has 0 bridgehead atoms. The molecule has 2 saturated carbocycles. The van der Waals surface area contributed by atoms with Gasteiger partial charge in [0, 0.05) is 18.1 Å². The molecule has 2 atom stereocenters. The van der Waals surface area contributed by atoms with Gasteiger partial charge in [0.05, 0.1) is 0 Å². The lowest BCUT2D eigenvalue weighted by Crippen LogP contribution is -2.39. The summed E-state index contributed by atoms with van der Waals surface area (Å²) in [5.41, 5.74) is 8.95. The predicted octanol–water partition coefficient (Wildman–Crippen LogP) is 4.82. The summed E-state index contributed by atoms with van der Waals surface area (Å²) in [4.78, 5) is 0. The molecule has 24 heavy (non-hydrogen) atoms. The predicted molar refractivity (Wildman–Crippen MR) is 109 cm³/mol. The van der Waals surface area contributed by atoms with E-state index in [1.54, 1.807) is 5.57 Å². The quantitative estimate of drug-likeness (QED) is 0.779. The Morgan fingerprint density at radius 3 is 2.29 bits per heavy atom. The van der Waals surface area contributed by atoms with Gasteiger partial charge in [-0.1, -0.05) is 55.8 Å². The number of hydrogen-bond acceptors (Lipinski definition) is 2. The fourth-order valence-corrected chi connectivity index (χ4v) is 3.78. The Hall–Kier alpha value is -0.540. The lowest BCUT2D eigenvalue weighted by atomic mass is 9.91. The van der Waals surface area contributed by atoms with E-state index >= 15 is 0 Å². The van der Waals surface area contributed by atoms with E-state index in [0.29, 0.717) is 24.0 Å². The molecule has 4 heteroatoms. The summed E-state index contributed by atoms with van der Waals surface area (Å²) in [6, 6.07) is 12.6. The molecule has 0 spiro atoms. The molecule has 1 aromatic rings. The maximum absolute atomic E-state index is 6.01. The van der Waals surface area contributed by atoms with E-state index in [-0.39, 0.29) is 24.8 Å². The topological polar surface area (TPSA) is 38.0 Å². The molecule has 2 fully saturated rings. The van der Waals surface area contributed by atoms with Gasteiger partial charge in [0.2, 0.25) is 0 Å². The molecule has 0 heterocycles. The fourth-order valence-electron chi connectivity index (χ4n) is 3.78. The lowest BCUT2D eigenvalue weighted by molar-refractivity contribution is 0.338. The SMILES string of the molecule is CC(C)C(=Cc1ccccc1)C1C[C@@H]1NC1CCC(N)CC1.Cl.Cl. The highest BCUT2D eigenvalue weighted by atomic mass is 35.5. The minimum atomic E-state index is 0. The second kappa shape index (κ2) is 9.82. The average Bonchev–Trinajstić information content (AvgIpc) is 3.27. The maximum atomic E-state index is 6.01. The van der Waals surface area contributed by atoms with Crippen molar-refractivity contribution in [2.45, 2.75) is 64.1 Å². The summed E-state index contributed by atoms with van der Waals surface area (Å²) < 4.78 is 0. The van der Waals surface area contributed by atoms with Gasteiger partial charge in [-0.3, -0.25) is 0 Å². The van der Waals surface area contributed by atoms with Crippen LogP contribution in [-0.4, -0.2) is 18.1 Å². The Kier molecular flexibility index (Phi) is 8.80. The molecular weight excluding hydrogens is 339 g/mol. The molecule has 0 saturated heterocycles. The third kappa shape index (κ3) is 5.77. The molecule has 2 aliphatic rings. The molecule has 3 N–H and O–H groups in total. The van der Waals surface area contributed by atoms with Gasteiger partial charge in [0.25, 0.3) is 0 Å². The molecule has 0 radical (unpaired) electrons. The zero-order valence-electron chi connectivity index (χ0n) is 14.8. The zero-order valence-corrected chi connectivity index (χ0v) is 16.4. The van der Waals surface area contributed by atoms with E-state index in [1.165, 1.54) is 37.7 Å². The van der Waals surface area contributed by atoms with Crippen LogP contribution in [0.1, 0.15) is 51.5 Å². The van der Waals surface area contributed by atoms with E-state index < -0.39 is 0 Å². The van der Waals surface area contributed by atoms with Gasteiger partial charge in [0.1, 0.15) is 0 Å². The molecule has 2 nitrogen and oxygen atoms in total. The van der Waals surface area contributed by atoms with E-state index in [0.717, 1.165) is 5.92 Å². The molecule has 1 unspecified atom stereocenters. The van der Waals surface area contributed by atoms with Crippen LogP contribution in [0, 0.1) is 11.8 Å². The van der Waals surface area contributed by atoms with Gasteiger partial charge in [-0.15, -0.1) is 24.8 Å². The van der Waals surface area contributed by atoms with Crippen molar-refractivity contribution in [3.05, 3.63) is 41.5 Å². The van der Waals surface area contributed by atoms with Crippen molar-refractivity contribution in [2.24, 2.45) is 17.6 Å². The summed E-state index contributed by atoms with van der Waals surface area (Å²) in [6.07, 6.45) is 8.60. The van der Waals surface area contributed by atoms with Crippen molar-refractivity contribution in [1.29, 1.82) is 0 Å². The molecule has 0 amide bonds. The Balaban J connectivity index is 0.00000144. The third-order valence-electron chi connectivity index (χ3n) is 5.24. The van der Waals surface area contributed by atoms with Crippen LogP contribution in [0.5, 0.6) is 0 Å². The Morgan fingerprint density at radius 2 is 1.71 bits per heavy atom. The second-order valence-corrected chi connectivity index (χ2v) is 7.44. The number of nitrogens with one attached hydrogen (secondary N) is 1. The molecule has 2 aliphatic carbocycles. The summed E-state index contributed by atoms with van der Waals surface area (Å²) in [7, 11) is 0. The van der Waals surface area contributed by atoms with Crippen molar-refractivity contribution in [2.75, 3.05) is 0 Å². The lowest BCUT2D eigenvalue weighted by Gasteiger charge is -2.27. The average molecular weight is 371 g/mol. The normalized spacial score (nSPS) is 29.6. The van der Waals surface area contributed by atoms with Crippen LogP contribution < -0.4 is 11.1 Å². The van der Waals surface area contributed by atoms with E-state index in [9.17, 15) is 0 Å². The van der Waals surface area contributed by atoms with E-state index in [1.807, 2.05) is 0 Å². The number of nitrogens with two attached hydrogens (primary N) is 1. The molecule has 0 aromatic heterocycles. The minimum absolute atomic E-state index is 0. The van der Waals surface area contributed by atoms with Crippen LogP contribution in [0.4, 0.5) is 0 Å². The largest absolute Gasteiger partial charge is 0.328 e. The number of benzene rings is 1. The molecule has 3 rings (SSSR count). The third-order valence-corrected chi connectivity index (χ3v) is 5.24. The summed E-state index contributed by atoms with van der Waals surface area (Å²) in [5.74, 6) is 1.35. The van der Waals surface area contributed by atoms with Crippen molar-refractivity contribution < 1.29 is 0 Å². The minimum Gasteiger partial charge on any atom is -0.328 e. The van der Waals surface area contributed by atoms with E-state index in [2.05, 4.69) is 55.6 Å². The van der Waals surface area contributed by atoms with Crippen LogP contribution in [-0.2, 0) is 0 Å². The van der Waals surface area contributed by atoms with Crippen molar-refractivity contribution in [3.8, 4) is 0 Å². The molecular formula is C20H32Cl2N2. The van der Waals surface area contributed by atoms with Gasteiger partial charge in [-0.05, 0) is 49.5 Å². The first-order valence-corrected chi connectivity index (χ1v) is 8.91. The van der Waals surface area contributed by atoms with Gasteiger partial charge in [-0.2, -0.15) is 0 Å². The van der Waals surface area contributed by atoms with Crippen LogP contribution in [0.3, 0.4) is 0 Å². The zero-order chi connectivity index (χ0) is 15.5. The highest BCUT2D eigenvalue weighted by molar-refractivity contribution is 5.85. The summed E-state index contributed by atoms with van der Waals surface area (Å²) >= 11 is 0.